The predicted octanol–water partition coefficient (Wildman–Crippen LogP) is 5.91. The summed E-state index contributed by atoms with van der Waals surface area (Å²) in [6.45, 7) is 6.74. The maximum atomic E-state index is 14.2. The first-order valence-electron chi connectivity index (χ1n) is 16.5. The van der Waals surface area contributed by atoms with Crippen LogP contribution < -0.4 is 14.4 Å². The lowest BCUT2D eigenvalue weighted by Gasteiger charge is -2.30. The largest absolute Gasteiger partial charge is 0.494 e. The number of anilines is 1. The van der Waals surface area contributed by atoms with Crippen LogP contribution in [0, 0.1) is 12.8 Å². The van der Waals surface area contributed by atoms with Gasteiger partial charge in [-0.2, -0.15) is 10.2 Å². The number of aryl methyl sites for hydroxylation is 1. The number of hydrogen-bond donors (Lipinski definition) is 0. The summed E-state index contributed by atoms with van der Waals surface area (Å²) in [7, 11) is 0. The van der Waals surface area contributed by atoms with E-state index in [1.807, 2.05) is 81.4 Å². The molecule has 4 atom stereocenters. The molecule has 0 unspecified atom stereocenters. The minimum atomic E-state index is -0.996. The van der Waals surface area contributed by atoms with Crippen LogP contribution in [-0.4, -0.2) is 65.3 Å². The van der Waals surface area contributed by atoms with Crippen molar-refractivity contribution in [2.45, 2.75) is 58.2 Å². The van der Waals surface area contributed by atoms with Crippen molar-refractivity contribution >= 4 is 35.2 Å². The minimum absolute atomic E-state index is 0.0192. The molecule has 0 spiro atoms. The molecule has 3 aliphatic heterocycles. The van der Waals surface area contributed by atoms with Crippen molar-refractivity contribution in [1.29, 1.82) is 0 Å². The highest BCUT2D eigenvalue weighted by Gasteiger charge is 2.55. The first kappa shape index (κ1) is 31.3. The fourth-order valence-corrected chi connectivity index (χ4v) is 7.01. The van der Waals surface area contributed by atoms with Crippen LogP contribution in [0.15, 0.2) is 93.8 Å². The number of carbonyl (C=O) groups is 3. The second-order valence-corrected chi connectivity index (χ2v) is 12.4. The van der Waals surface area contributed by atoms with E-state index < -0.39 is 23.9 Å². The van der Waals surface area contributed by atoms with Gasteiger partial charge in [-0.1, -0.05) is 47.2 Å². The van der Waals surface area contributed by atoms with Gasteiger partial charge in [0, 0.05) is 5.92 Å². The molecule has 3 aromatic rings. The molecule has 3 amide bonds. The minimum Gasteiger partial charge on any atom is -0.494 e. The van der Waals surface area contributed by atoms with Crippen LogP contribution >= 0.6 is 0 Å². The molecule has 48 heavy (non-hydrogen) atoms. The zero-order valence-corrected chi connectivity index (χ0v) is 27.3. The van der Waals surface area contributed by atoms with Crippen molar-refractivity contribution in [3.8, 4) is 11.5 Å². The Hall–Kier alpha value is -5.32. The molecule has 0 N–H and O–H groups in total. The lowest BCUT2D eigenvalue weighted by atomic mass is 9.77. The molecule has 4 aliphatic rings. The van der Waals surface area contributed by atoms with Gasteiger partial charge in [-0.05, 0) is 99.2 Å². The van der Waals surface area contributed by atoms with Gasteiger partial charge in [-0.3, -0.25) is 19.4 Å². The zero-order chi connectivity index (χ0) is 33.4. The molecule has 1 saturated carbocycles. The Bertz CT molecular complexity index is 1800. The molecule has 11 heteroatoms. The number of ether oxygens (including phenoxy) is 2. The van der Waals surface area contributed by atoms with Crippen LogP contribution in [0.2, 0.25) is 0 Å². The average Bonchev–Trinajstić information content (AvgIpc) is 3.76. The highest BCUT2D eigenvalue weighted by Crippen LogP contribution is 2.45. The third-order valence-electron chi connectivity index (χ3n) is 9.27. The summed E-state index contributed by atoms with van der Waals surface area (Å²) in [4.78, 5) is 42.3. The van der Waals surface area contributed by atoms with E-state index in [2.05, 4.69) is 16.4 Å². The zero-order valence-electron chi connectivity index (χ0n) is 27.3. The van der Waals surface area contributed by atoms with E-state index in [1.54, 1.807) is 17.1 Å². The van der Waals surface area contributed by atoms with Crippen LogP contribution in [0.1, 0.15) is 55.8 Å². The quantitative estimate of drug-likeness (QED) is 0.267. The molecule has 1 aliphatic carbocycles. The van der Waals surface area contributed by atoms with Gasteiger partial charge in [-0.15, -0.1) is 0 Å². The molecule has 7 rings (SSSR count). The SMILES string of the molecule is CCOc1ccc(/C=C2\CCC[C@@H]3C2=NN(C(=O)CN2N=N[C@@H]4C(=O)N(c5ccc(C)cc5)C(=O)[C@@H]42)[C@H]3c2ccc(OCC)cc2)cc1. The fraction of sp³-hybridized carbons (Fsp3) is 0.351. The molecule has 0 aromatic heterocycles. The summed E-state index contributed by atoms with van der Waals surface area (Å²) in [6, 6.07) is 20.6. The number of benzene rings is 3. The molecule has 0 bridgehead atoms. The molecule has 3 aromatic carbocycles. The second kappa shape index (κ2) is 13.1. The first-order valence-corrected chi connectivity index (χ1v) is 16.5. The van der Waals surface area contributed by atoms with Crippen LogP contribution in [0.3, 0.4) is 0 Å². The topological polar surface area (TPSA) is 116 Å². The van der Waals surface area contributed by atoms with Crippen molar-refractivity contribution in [3.63, 3.8) is 0 Å². The van der Waals surface area contributed by atoms with E-state index in [4.69, 9.17) is 14.6 Å². The third-order valence-corrected chi connectivity index (χ3v) is 9.27. The van der Waals surface area contributed by atoms with Crippen LogP contribution in [0.4, 0.5) is 5.69 Å². The highest BCUT2D eigenvalue weighted by molar-refractivity contribution is 6.25. The number of amides is 3. The molecule has 246 valence electrons. The summed E-state index contributed by atoms with van der Waals surface area (Å²) >= 11 is 0. The Morgan fingerprint density at radius 3 is 2.21 bits per heavy atom. The molecule has 11 nitrogen and oxygen atoms in total. The molecule has 1 saturated heterocycles. The van der Waals surface area contributed by atoms with Gasteiger partial charge in [0.05, 0.1) is 30.7 Å². The van der Waals surface area contributed by atoms with Crippen molar-refractivity contribution < 1.29 is 23.9 Å². The van der Waals surface area contributed by atoms with E-state index >= 15 is 0 Å². The van der Waals surface area contributed by atoms with Gasteiger partial charge in [0.15, 0.2) is 12.1 Å². The van der Waals surface area contributed by atoms with Gasteiger partial charge >= 0.3 is 0 Å². The number of hydrogen-bond acceptors (Lipinski definition) is 9. The normalized spacial score (nSPS) is 23.9. The number of imide groups is 1. The Morgan fingerprint density at radius 1 is 0.875 bits per heavy atom. The van der Waals surface area contributed by atoms with Gasteiger partial charge in [0.25, 0.3) is 17.7 Å². The lowest BCUT2D eigenvalue weighted by Crippen LogP contribution is -2.45. The first-order chi connectivity index (χ1) is 23.4. The Balaban J connectivity index is 1.18. The maximum Gasteiger partial charge on any atom is 0.264 e. The monoisotopic (exact) mass is 646 g/mol. The van der Waals surface area contributed by atoms with Crippen molar-refractivity contribution in [2.75, 3.05) is 24.7 Å². The highest BCUT2D eigenvalue weighted by atomic mass is 16.5. The molecule has 2 fully saturated rings. The standard InChI is InChI=1S/C37H38N6O5/c1-4-47-28-17-11-24(12-18-28)21-26-7-6-8-30-32(26)39-43(34(30)25-13-19-29(20-14-25)48-5-2)31(44)22-41-35-33(38-40-41)36(45)42(37(35)46)27-15-9-23(3)10-16-27/h9-21,30,33-35H,4-8,22H2,1-3H3/b26-21+/t30-,33+,34+,35-/m1/s1. The number of hydrazone groups is 1. The summed E-state index contributed by atoms with van der Waals surface area (Å²) in [5, 5.41) is 16.2. The maximum absolute atomic E-state index is 14.2. The van der Waals surface area contributed by atoms with E-state index in [-0.39, 0.29) is 24.4 Å². The van der Waals surface area contributed by atoms with Crippen LogP contribution in [0.25, 0.3) is 6.08 Å². The predicted molar refractivity (Wildman–Crippen MR) is 180 cm³/mol. The van der Waals surface area contributed by atoms with E-state index in [0.717, 1.165) is 63.6 Å². The lowest BCUT2D eigenvalue weighted by molar-refractivity contribution is -0.136. The summed E-state index contributed by atoms with van der Waals surface area (Å²) < 4.78 is 11.3. The third kappa shape index (κ3) is 5.74. The summed E-state index contributed by atoms with van der Waals surface area (Å²) in [5.41, 5.74) is 5.44. The van der Waals surface area contributed by atoms with Gasteiger partial charge in [0.1, 0.15) is 18.0 Å². The molecule has 3 heterocycles. The number of fused-ring (bicyclic) bond motifs is 2. The average molecular weight is 647 g/mol. The summed E-state index contributed by atoms with van der Waals surface area (Å²) in [5.74, 6) is 0.327. The van der Waals surface area contributed by atoms with E-state index in [1.165, 1.54) is 5.01 Å². The Kier molecular flexibility index (Phi) is 8.51. The second-order valence-electron chi connectivity index (χ2n) is 12.4. The number of nitrogens with zero attached hydrogens (tertiary/aromatic N) is 6. The van der Waals surface area contributed by atoms with Crippen molar-refractivity contribution in [3.05, 3.63) is 95.1 Å². The summed E-state index contributed by atoms with van der Waals surface area (Å²) in [6.07, 6.45) is 4.81. The van der Waals surface area contributed by atoms with E-state index in [9.17, 15) is 14.4 Å². The van der Waals surface area contributed by atoms with Gasteiger partial charge in [0.2, 0.25) is 0 Å². The number of allylic oxidation sites excluding steroid dienone is 1. The molecular weight excluding hydrogens is 608 g/mol. The Morgan fingerprint density at radius 2 is 1.54 bits per heavy atom. The van der Waals surface area contributed by atoms with Gasteiger partial charge in [-0.25, -0.2) is 9.91 Å². The van der Waals surface area contributed by atoms with Gasteiger partial charge < -0.3 is 9.47 Å². The van der Waals surface area contributed by atoms with E-state index in [0.29, 0.717) is 18.9 Å². The Labute approximate surface area is 279 Å². The molecule has 0 radical (unpaired) electrons. The van der Waals surface area contributed by atoms with Crippen LogP contribution in [-0.2, 0) is 14.4 Å². The smallest absolute Gasteiger partial charge is 0.264 e. The van der Waals surface area contributed by atoms with Crippen molar-refractivity contribution in [2.24, 2.45) is 21.4 Å². The number of rotatable bonds is 9. The van der Waals surface area contributed by atoms with Crippen LogP contribution in [0.5, 0.6) is 11.5 Å². The number of carbonyl (C=O) groups excluding carboxylic acids is 3. The molecular formula is C37H38N6O5. The fourth-order valence-electron chi connectivity index (χ4n) is 7.01. The van der Waals surface area contributed by atoms with Crippen molar-refractivity contribution in [1.82, 2.24) is 10.0 Å².